The van der Waals surface area contributed by atoms with Gasteiger partial charge >= 0.3 is 17.9 Å². The van der Waals surface area contributed by atoms with E-state index >= 15 is 0 Å². The number of amides is 2. The fourth-order valence-corrected chi connectivity index (χ4v) is 3.56. The molecular weight excluding hydrogens is 494 g/mol. The van der Waals surface area contributed by atoms with Crippen LogP contribution in [0.4, 0.5) is 0 Å². The molecule has 212 valence electrons. The second-order valence-electron chi connectivity index (χ2n) is 8.34. The van der Waals surface area contributed by atoms with Crippen molar-refractivity contribution in [1.29, 1.82) is 0 Å². The van der Waals surface area contributed by atoms with Crippen molar-refractivity contribution in [3.05, 3.63) is 0 Å². The SMILES string of the molecule is CC(=O)N[C@H]1[C@H](OCCCCCNC(=O)COCCN)O[C@H](COC(C)=O)[C@H](OC(C)=O)[C@@H]1OC(C)=O. The number of nitrogens with one attached hydrogen (secondary N) is 2. The number of ether oxygens (including phenoxy) is 6. The van der Waals surface area contributed by atoms with Gasteiger partial charge in [0.25, 0.3) is 0 Å². The quantitative estimate of drug-likeness (QED) is 0.124. The van der Waals surface area contributed by atoms with Crippen molar-refractivity contribution in [2.45, 2.75) is 77.6 Å². The first-order valence-electron chi connectivity index (χ1n) is 12.1. The van der Waals surface area contributed by atoms with E-state index in [4.69, 9.17) is 34.2 Å². The summed E-state index contributed by atoms with van der Waals surface area (Å²) in [6.07, 6.45) is -2.47. The number of hydrogen-bond acceptors (Lipinski definition) is 12. The predicted molar refractivity (Wildman–Crippen MR) is 127 cm³/mol. The molecule has 0 bridgehead atoms. The Labute approximate surface area is 216 Å². The molecule has 0 radical (unpaired) electrons. The first-order chi connectivity index (χ1) is 17.5. The van der Waals surface area contributed by atoms with Gasteiger partial charge in [0.1, 0.15) is 25.4 Å². The Morgan fingerprint density at radius 2 is 1.54 bits per heavy atom. The molecule has 1 aliphatic heterocycles. The molecule has 1 fully saturated rings. The van der Waals surface area contributed by atoms with Crippen LogP contribution in [0.2, 0.25) is 0 Å². The zero-order valence-electron chi connectivity index (χ0n) is 21.8. The monoisotopic (exact) mass is 533 g/mol. The summed E-state index contributed by atoms with van der Waals surface area (Å²) in [5.74, 6) is -2.63. The zero-order chi connectivity index (χ0) is 27.8. The van der Waals surface area contributed by atoms with Gasteiger partial charge in [-0.3, -0.25) is 24.0 Å². The molecule has 0 aliphatic carbocycles. The number of esters is 3. The smallest absolute Gasteiger partial charge is 0.303 e. The molecule has 14 nitrogen and oxygen atoms in total. The van der Waals surface area contributed by atoms with Gasteiger partial charge in [-0.05, 0) is 19.3 Å². The molecule has 37 heavy (non-hydrogen) atoms. The number of unbranched alkanes of at least 4 members (excludes halogenated alkanes) is 2. The summed E-state index contributed by atoms with van der Waals surface area (Å²) < 4.78 is 32.6. The molecule has 1 saturated heterocycles. The molecule has 0 aromatic rings. The Kier molecular flexibility index (Phi) is 15.3. The van der Waals surface area contributed by atoms with Crippen LogP contribution in [0, 0.1) is 0 Å². The maximum Gasteiger partial charge on any atom is 0.303 e. The number of carbonyl (C=O) groups is 5. The third kappa shape index (κ3) is 13.3. The number of rotatable bonds is 16. The Balaban J connectivity index is 2.79. The molecule has 14 heteroatoms. The largest absolute Gasteiger partial charge is 0.463 e. The fourth-order valence-electron chi connectivity index (χ4n) is 3.56. The Bertz CT molecular complexity index is 764. The van der Waals surface area contributed by atoms with Crippen LogP contribution in [0.5, 0.6) is 0 Å². The van der Waals surface area contributed by atoms with Gasteiger partial charge in [0, 0.05) is 47.4 Å². The molecule has 4 N–H and O–H groups in total. The van der Waals surface area contributed by atoms with E-state index in [9.17, 15) is 24.0 Å². The number of nitrogens with two attached hydrogens (primary N) is 1. The van der Waals surface area contributed by atoms with Crippen molar-refractivity contribution in [2.75, 3.05) is 39.5 Å². The second-order valence-corrected chi connectivity index (χ2v) is 8.34. The summed E-state index contributed by atoms with van der Waals surface area (Å²) in [5.41, 5.74) is 5.30. The van der Waals surface area contributed by atoms with Crippen molar-refractivity contribution in [2.24, 2.45) is 5.73 Å². The lowest BCUT2D eigenvalue weighted by Gasteiger charge is -2.44. The first-order valence-corrected chi connectivity index (χ1v) is 12.1. The van der Waals surface area contributed by atoms with Crippen molar-refractivity contribution in [1.82, 2.24) is 10.6 Å². The van der Waals surface area contributed by atoms with Crippen LogP contribution >= 0.6 is 0 Å². The highest BCUT2D eigenvalue weighted by atomic mass is 16.7. The molecule has 0 spiro atoms. The van der Waals surface area contributed by atoms with Gasteiger partial charge in [0.05, 0.1) is 6.61 Å². The standard InChI is InChI=1S/C23H39N3O11/c1-14(27)26-20-22(36-17(4)30)21(35-16(3)29)18(12-34-15(2)28)37-23(20)33-10-7-5-6-9-25-19(31)13-32-11-8-24/h18,20-23H,5-13,24H2,1-4H3,(H,25,31)(H,26,27)/t18-,20-,21+,22-,23-/m1/s1. The van der Waals surface area contributed by atoms with Gasteiger partial charge in [-0.2, -0.15) is 0 Å². The average Bonchev–Trinajstić information content (AvgIpc) is 2.80. The van der Waals surface area contributed by atoms with Crippen molar-refractivity contribution >= 4 is 29.7 Å². The zero-order valence-corrected chi connectivity index (χ0v) is 21.8. The average molecular weight is 534 g/mol. The summed E-state index contributed by atoms with van der Waals surface area (Å²) in [6, 6.07) is -1.01. The van der Waals surface area contributed by atoms with Crippen LogP contribution in [0.25, 0.3) is 0 Å². The minimum atomic E-state index is -1.17. The Hall–Kier alpha value is -2.81. The van der Waals surface area contributed by atoms with Gasteiger partial charge in [-0.25, -0.2) is 0 Å². The molecule has 0 unspecified atom stereocenters. The maximum absolute atomic E-state index is 11.9. The van der Waals surface area contributed by atoms with Crippen LogP contribution in [0.1, 0.15) is 47.0 Å². The van der Waals surface area contributed by atoms with E-state index in [1.807, 2.05) is 0 Å². The van der Waals surface area contributed by atoms with Crippen LogP contribution < -0.4 is 16.4 Å². The van der Waals surface area contributed by atoms with Gasteiger partial charge in [-0.1, -0.05) is 0 Å². The van der Waals surface area contributed by atoms with E-state index in [0.717, 1.165) is 0 Å². The summed E-state index contributed by atoms with van der Waals surface area (Å²) in [7, 11) is 0. The van der Waals surface area contributed by atoms with Crippen LogP contribution in [0.3, 0.4) is 0 Å². The lowest BCUT2D eigenvalue weighted by atomic mass is 9.96. The number of hydrogen-bond donors (Lipinski definition) is 3. The van der Waals surface area contributed by atoms with Crippen molar-refractivity contribution < 1.29 is 52.4 Å². The molecule has 1 rings (SSSR count). The fraction of sp³-hybridized carbons (Fsp3) is 0.783. The van der Waals surface area contributed by atoms with Gasteiger partial charge < -0.3 is 44.8 Å². The lowest BCUT2D eigenvalue weighted by molar-refractivity contribution is -0.277. The predicted octanol–water partition coefficient (Wildman–Crippen LogP) is -1.08. The minimum absolute atomic E-state index is 0.0454. The van der Waals surface area contributed by atoms with Crippen LogP contribution in [-0.2, 0) is 52.4 Å². The topological polar surface area (TPSA) is 191 Å². The summed E-state index contributed by atoms with van der Waals surface area (Å²) in [5, 5.41) is 5.37. The van der Waals surface area contributed by atoms with Crippen LogP contribution in [-0.4, -0.2) is 99.9 Å². The van der Waals surface area contributed by atoms with E-state index in [-0.39, 0.29) is 25.7 Å². The number of carbonyl (C=O) groups excluding carboxylic acids is 5. The normalized spacial score (nSPS) is 23.0. The third-order valence-corrected chi connectivity index (χ3v) is 4.99. The lowest BCUT2D eigenvalue weighted by Crippen LogP contribution is -2.66. The van der Waals surface area contributed by atoms with E-state index in [1.54, 1.807) is 0 Å². The summed E-state index contributed by atoms with van der Waals surface area (Å²) in [6.45, 7) is 5.79. The molecular formula is C23H39N3O11. The van der Waals surface area contributed by atoms with Crippen molar-refractivity contribution in [3.8, 4) is 0 Å². The molecule has 0 aromatic heterocycles. The highest BCUT2D eigenvalue weighted by molar-refractivity contribution is 5.77. The third-order valence-electron chi connectivity index (χ3n) is 4.99. The first kappa shape index (κ1) is 32.2. The van der Waals surface area contributed by atoms with E-state index in [2.05, 4.69) is 10.6 Å². The summed E-state index contributed by atoms with van der Waals surface area (Å²) >= 11 is 0. The molecule has 0 saturated carbocycles. The molecule has 2 amide bonds. The summed E-state index contributed by atoms with van der Waals surface area (Å²) in [4.78, 5) is 58.5. The minimum Gasteiger partial charge on any atom is -0.463 e. The molecule has 0 aromatic carbocycles. The highest BCUT2D eigenvalue weighted by Gasteiger charge is 2.51. The van der Waals surface area contributed by atoms with Crippen molar-refractivity contribution in [3.63, 3.8) is 0 Å². The molecule has 1 heterocycles. The maximum atomic E-state index is 11.9. The van der Waals surface area contributed by atoms with E-state index < -0.39 is 54.5 Å². The molecule has 5 atom stereocenters. The van der Waals surface area contributed by atoms with Gasteiger partial charge in [0.15, 0.2) is 18.5 Å². The highest BCUT2D eigenvalue weighted by Crippen LogP contribution is 2.28. The van der Waals surface area contributed by atoms with Crippen LogP contribution in [0.15, 0.2) is 0 Å². The molecule has 1 aliphatic rings. The van der Waals surface area contributed by atoms with E-state index in [1.165, 1.54) is 27.7 Å². The Morgan fingerprint density at radius 3 is 2.14 bits per heavy atom. The Morgan fingerprint density at radius 1 is 0.865 bits per heavy atom. The second kappa shape index (κ2) is 17.6. The van der Waals surface area contributed by atoms with E-state index in [0.29, 0.717) is 39.0 Å². The van der Waals surface area contributed by atoms with Gasteiger partial charge in [0.2, 0.25) is 11.8 Å². The van der Waals surface area contributed by atoms with Gasteiger partial charge in [-0.15, -0.1) is 0 Å².